The molecule has 1 heterocycles. The number of hydrogen-bond acceptors (Lipinski definition) is 4. The molecule has 0 bridgehead atoms. The van der Waals surface area contributed by atoms with Crippen molar-refractivity contribution in [3.8, 4) is 5.75 Å². The molecule has 2 rings (SSSR count). The molecule has 3 N–H and O–H groups in total. The van der Waals surface area contributed by atoms with Crippen LogP contribution in [0.15, 0.2) is 24.3 Å². The molecule has 0 aliphatic rings. The number of carbonyl (C=O) groups excluding carboxylic acids is 2. The van der Waals surface area contributed by atoms with Crippen LogP contribution in [-0.2, 0) is 4.79 Å². The second-order valence-corrected chi connectivity index (χ2v) is 6.26. The minimum atomic E-state index is -0.560. The van der Waals surface area contributed by atoms with Gasteiger partial charge in [-0.3, -0.25) is 9.59 Å². The molecule has 2 aromatic rings. The SMILES string of the molecule is Cc1cc(C(N)=O)c(NC(=O)COc2cccc(C)c2C)s1. The molecule has 116 valence electrons. The average molecular weight is 318 g/mol. The van der Waals surface area contributed by atoms with Gasteiger partial charge in [-0.15, -0.1) is 11.3 Å². The molecule has 0 radical (unpaired) electrons. The number of thiophene rings is 1. The highest BCUT2D eigenvalue weighted by Crippen LogP contribution is 2.27. The summed E-state index contributed by atoms with van der Waals surface area (Å²) in [7, 11) is 0. The van der Waals surface area contributed by atoms with Crippen LogP contribution in [0.2, 0.25) is 0 Å². The highest BCUT2D eigenvalue weighted by Gasteiger charge is 2.15. The Kier molecular flexibility index (Phi) is 4.82. The molecule has 0 saturated heterocycles. The number of amides is 2. The maximum atomic E-state index is 12.0. The molecule has 1 aromatic carbocycles. The van der Waals surface area contributed by atoms with Crippen LogP contribution < -0.4 is 15.8 Å². The van der Waals surface area contributed by atoms with Crippen molar-refractivity contribution in [3.63, 3.8) is 0 Å². The van der Waals surface area contributed by atoms with Crippen molar-refractivity contribution in [2.75, 3.05) is 11.9 Å². The van der Waals surface area contributed by atoms with Crippen molar-refractivity contribution in [2.24, 2.45) is 5.73 Å². The Balaban J connectivity index is 2.02. The van der Waals surface area contributed by atoms with Gasteiger partial charge in [0, 0.05) is 4.88 Å². The van der Waals surface area contributed by atoms with Crippen molar-refractivity contribution < 1.29 is 14.3 Å². The van der Waals surface area contributed by atoms with Gasteiger partial charge in [0.2, 0.25) is 0 Å². The van der Waals surface area contributed by atoms with Crippen molar-refractivity contribution in [3.05, 3.63) is 45.8 Å². The van der Waals surface area contributed by atoms with Gasteiger partial charge in [-0.1, -0.05) is 12.1 Å². The largest absolute Gasteiger partial charge is 0.483 e. The normalized spacial score (nSPS) is 10.3. The van der Waals surface area contributed by atoms with Gasteiger partial charge in [0.15, 0.2) is 6.61 Å². The number of hydrogen-bond donors (Lipinski definition) is 2. The molecule has 0 aliphatic heterocycles. The van der Waals surface area contributed by atoms with E-state index in [1.807, 2.05) is 39.0 Å². The fourth-order valence-corrected chi connectivity index (χ4v) is 2.91. The number of nitrogens with one attached hydrogen (secondary N) is 1. The molecular formula is C16H18N2O3S. The van der Waals surface area contributed by atoms with Crippen molar-refractivity contribution in [1.82, 2.24) is 0 Å². The Bertz CT molecular complexity index is 722. The van der Waals surface area contributed by atoms with Gasteiger partial charge in [-0.05, 0) is 44.0 Å². The van der Waals surface area contributed by atoms with E-state index in [-0.39, 0.29) is 12.5 Å². The van der Waals surface area contributed by atoms with Crippen LogP contribution in [0.3, 0.4) is 0 Å². The van der Waals surface area contributed by atoms with Gasteiger partial charge in [-0.25, -0.2) is 0 Å². The molecular weight excluding hydrogens is 300 g/mol. The summed E-state index contributed by atoms with van der Waals surface area (Å²) >= 11 is 1.31. The maximum absolute atomic E-state index is 12.0. The number of rotatable bonds is 5. The molecule has 1 aromatic heterocycles. The third-order valence-corrected chi connectivity index (χ3v) is 4.25. The maximum Gasteiger partial charge on any atom is 0.262 e. The predicted octanol–water partition coefficient (Wildman–Crippen LogP) is 2.79. The van der Waals surface area contributed by atoms with Gasteiger partial charge in [0.05, 0.1) is 5.56 Å². The highest BCUT2D eigenvalue weighted by molar-refractivity contribution is 7.16. The first kappa shape index (κ1) is 16.0. The van der Waals surface area contributed by atoms with Gasteiger partial charge in [0.1, 0.15) is 10.8 Å². The van der Waals surface area contributed by atoms with Gasteiger partial charge >= 0.3 is 0 Å². The second kappa shape index (κ2) is 6.62. The average Bonchev–Trinajstić information content (AvgIpc) is 2.81. The number of aryl methyl sites for hydroxylation is 2. The first-order valence-electron chi connectivity index (χ1n) is 6.77. The minimum absolute atomic E-state index is 0.126. The third-order valence-electron chi connectivity index (χ3n) is 3.29. The zero-order valence-electron chi connectivity index (χ0n) is 12.7. The molecule has 0 saturated carbocycles. The minimum Gasteiger partial charge on any atom is -0.483 e. The van der Waals surface area contributed by atoms with E-state index < -0.39 is 5.91 Å². The number of anilines is 1. The summed E-state index contributed by atoms with van der Waals surface area (Å²) in [6.45, 7) is 5.64. The summed E-state index contributed by atoms with van der Waals surface area (Å²) in [6.07, 6.45) is 0. The van der Waals surface area contributed by atoms with Gasteiger partial charge < -0.3 is 15.8 Å². The fourth-order valence-electron chi connectivity index (χ4n) is 1.98. The molecule has 22 heavy (non-hydrogen) atoms. The molecule has 0 atom stereocenters. The van der Waals surface area contributed by atoms with Crippen molar-refractivity contribution in [2.45, 2.75) is 20.8 Å². The first-order chi connectivity index (χ1) is 10.4. The summed E-state index contributed by atoms with van der Waals surface area (Å²) in [6, 6.07) is 7.34. The summed E-state index contributed by atoms with van der Waals surface area (Å²) in [4.78, 5) is 24.2. The Morgan fingerprint density at radius 1 is 1.27 bits per heavy atom. The lowest BCUT2D eigenvalue weighted by Crippen LogP contribution is -2.22. The number of carbonyl (C=O) groups is 2. The van der Waals surface area contributed by atoms with Crippen LogP contribution in [-0.4, -0.2) is 18.4 Å². The molecule has 5 nitrogen and oxygen atoms in total. The molecule has 0 spiro atoms. The predicted molar refractivity (Wildman–Crippen MR) is 87.6 cm³/mol. The molecule has 0 fully saturated rings. The summed E-state index contributed by atoms with van der Waals surface area (Å²) in [5.41, 5.74) is 7.71. The van der Waals surface area contributed by atoms with E-state index in [0.29, 0.717) is 16.3 Å². The van der Waals surface area contributed by atoms with Crippen molar-refractivity contribution >= 4 is 28.2 Å². The molecule has 2 amide bonds. The van der Waals surface area contributed by atoms with Crippen LogP contribution >= 0.6 is 11.3 Å². The molecule has 0 unspecified atom stereocenters. The Morgan fingerprint density at radius 3 is 2.68 bits per heavy atom. The van der Waals surface area contributed by atoms with E-state index in [2.05, 4.69) is 5.32 Å². The van der Waals surface area contributed by atoms with E-state index in [0.717, 1.165) is 16.0 Å². The second-order valence-electron chi connectivity index (χ2n) is 5.00. The van der Waals surface area contributed by atoms with Gasteiger partial charge in [0.25, 0.3) is 11.8 Å². The summed E-state index contributed by atoms with van der Waals surface area (Å²) < 4.78 is 5.54. The van der Waals surface area contributed by atoms with Crippen LogP contribution in [0.1, 0.15) is 26.4 Å². The van der Waals surface area contributed by atoms with E-state index in [4.69, 9.17) is 10.5 Å². The standard InChI is InChI=1S/C16H18N2O3S/c1-9-5-4-6-13(11(9)3)21-8-14(19)18-16-12(15(17)20)7-10(2)22-16/h4-7H,8H2,1-3H3,(H2,17,20)(H,18,19). The molecule has 6 heteroatoms. The Hall–Kier alpha value is -2.34. The summed E-state index contributed by atoms with van der Waals surface area (Å²) in [5.74, 6) is -0.215. The number of primary amides is 1. The molecule has 0 aliphatic carbocycles. The number of nitrogens with two attached hydrogens (primary N) is 1. The Morgan fingerprint density at radius 2 is 2.00 bits per heavy atom. The third kappa shape index (κ3) is 3.65. The van der Waals surface area contributed by atoms with E-state index in [1.54, 1.807) is 6.07 Å². The smallest absolute Gasteiger partial charge is 0.262 e. The lowest BCUT2D eigenvalue weighted by atomic mass is 10.1. The van der Waals surface area contributed by atoms with Crippen molar-refractivity contribution in [1.29, 1.82) is 0 Å². The zero-order valence-corrected chi connectivity index (χ0v) is 13.5. The van der Waals surface area contributed by atoms with Crippen LogP contribution in [0, 0.1) is 20.8 Å². The lowest BCUT2D eigenvalue weighted by molar-refractivity contribution is -0.118. The zero-order chi connectivity index (χ0) is 16.3. The van der Waals surface area contributed by atoms with Crippen LogP contribution in [0.25, 0.3) is 0 Å². The highest BCUT2D eigenvalue weighted by atomic mass is 32.1. The van der Waals surface area contributed by atoms with E-state index >= 15 is 0 Å². The topological polar surface area (TPSA) is 81.4 Å². The monoisotopic (exact) mass is 318 g/mol. The first-order valence-corrected chi connectivity index (χ1v) is 7.59. The Labute approximate surface area is 133 Å². The van der Waals surface area contributed by atoms with E-state index in [1.165, 1.54) is 11.3 Å². The van der Waals surface area contributed by atoms with Crippen LogP contribution in [0.4, 0.5) is 5.00 Å². The van der Waals surface area contributed by atoms with Crippen LogP contribution in [0.5, 0.6) is 5.75 Å². The number of benzene rings is 1. The summed E-state index contributed by atoms with van der Waals surface area (Å²) in [5, 5.41) is 3.13. The fraction of sp³-hybridized carbons (Fsp3) is 0.250. The van der Waals surface area contributed by atoms with E-state index in [9.17, 15) is 9.59 Å². The number of ether oxygens (including phenoxy) is 1. The van der Waals surface area contributed by atoms with Gasteiger partial charge in [-0.2, -0.15) is 0 Å². The quantitative estimate of drug-likeness (QED) is 0.889. The lowest BCUT2D eigenvalue weighted by Gasteiger charge is -2.10.